The van der Waals surface area contributed by atoms with Gasteiger partial charge in [0.2, 0.25) is 0 Å². The number of hydrogen-bond acceptors (Lipinski definition) is 5. The number of rotatable bonds is 5. The number of likely N-dealkylation sites (tertiary alicyclic amines) is 1. The molecule has 2 fully saturated rings. The molecule has 28 heavy (non-hydrogen) atoms. The van der Waals surface area contributed by atoms with Crippen molar-refractivity contribution in [3.8, 4) is 0 Å². The zero-order valence-corrected chi connectivity index (χ0v) is 18.3. The van der Waals surface area contributed by atoms with Crippen LogP contribution in [0, 0.1) is 0 Å². The first kappa shape index (κ1) is 21.3. The van der Waals surface area contributed by atoms with Gasteiger partial charge in [0.1, 0.15) is 0 Å². The largest absolute Gasteiger partial charge is 0.454 e. The molecular weight excluding hydrogens is 446 g/mol. The van der Waals surface area contributed by atoms with E-state index in [0.717, 1.165) is 30.2 Å². The summed E-state index contributed by atoms with van der Waals surface area (Å²) in [5, 5.41) is 0. The number of carbonyl (C=O) groups excluding carboxylic acids is 2. The number of benzene rings is 1. The van der Waals surface area contributed by atoms with Crippen LogP contribution in [0.1, 0.15) is 51.4 Å². The van der Waals surface area contributed by atoms with Gasteiger partial charge in [-0.15, -0.1) is 0 Å². The molecule has 1 aliphatic carbocycles. The fraction of sp³-hybridized carbons (Fsp3) is 0.600. The van der Waals surface area contributed by atoms with Gasteiger partial charge in [0.15, 0.2) is 21.2 Å². The number of halogens is 1. The normalized spacial score (nSPS) is 19.8. The van der Waals surface area contributed by atoms with Crippen molar-refractivity contribution < 1.29 is 22.7 Å². The third kappa shape index (κ3) is 4.27. The van der Waals surface area contributed by atoms with E-state index in [0.29, 0.717) is 25.9 Å². The number of nitrogens with zero attached hydrogens (tertiary/aromatic N) is 1. The third-order valence-electron chi connectivity index (χ3n) is 5.71. The van der Waals surface area contributed by atoms with Gasteiger partial charge in [-0.2, -0.15) is 0 Å². The van der Waals surface area contributed by atoms with Gasteiger partial charge in [-0.05, 0) is 49.9 Å². The Labute approximate surface area is 174 Å². The highest BCUT2D eigenvalue weighted by Crippen LogP contribution is 2.41. The molecule has 0 unspecified atom stereocenters. The first-order chi connectivity index (χ1) is 13.4. The molecule has 3 rings (SSSR count). The second-order valence-electron chi connectivity index (χ2n) is 7.53. The van der Waals surface area contributed by atoms with Gasteiger partial charge in [0.05, 0.1) is 4.90 Å². The summed E-state index contributed by atoms with van der Waals surface area (Å²) in [6.45, 7) is 0.938. The number of sulfone groups is 1. The molecule has 0 aromatic heterocycles. The first-order valence-electron chi connectivity index (χ1n) is 9.82. The first-order valence-corrected chi connectivity index (χ1v) is 12.1. The average Bonchev–Trinajstić information content (AvgIpc) is 3.04. The van der Waals surface area contributed by atoms with Gasteiger partial charge in [0.25, 0.3) is 5.91 Å². The lowest BCUT2D eigenvalue weighted by molar-refractivity contribution is -0.154. The Kier molecular flexibility index (Phi) is 6.81. The second-order valence-corrected chi connectivity index (χ2v) is 10.7. The van der Waals surface area contributed by atoms with Gasteiger partial charge in [-0.25, -0.2) is 8.42 Å². The lowest BCUT2D eigenvalue weighted by Gasteiger charge is -2.27. The Balaban J connectivity index is 1.74. The standard InChI is InChI=1S/C20H26BrNO5S/c21-16-7-9-17(10-8-16)28(25,26)20(11-3-4-12-20)19(24)27-15-18(23)22-13-5-1-2-6-14-22/h7-10H,1-6,11-15H2. The van der Waals surface area contributed by atoms with Gasteiger partial charge < -0.3 is 9.64 Å². The summed E-state index contributed by atoms with van der Waals surface area (Å²) in [7, 11) is -3.92. The lowest BCUT2D eigenvalue weighted by atomic mass is 10.1. The number of carbonyl (C=O) groups is 2. The van der Waals surface area contributed by atoms with Crippen molar-refractivity contribution in [2.75, 3.05) is 19.7 Å². The minimum absolute atomic E-state index is 0.105. The maximum absolute atomic E-state index is 13.3. The number of hydrogen-bond donors (Lipinski definition) is 0. The highest BCUT2D eigenvalue weighted by Gasteiger charge is 2.54. The summed E-state index contributed by atoms with van der Waals surface area (Å²) in [6, 6.07) is 6.28. The van der Waals surface area contributed by atoms with Crippen molar-refractivity contribution in [2.45, 2.75) is 61.0 Å². The summed E-state index contributed by atoms with van der Waals surface area (Å²) in [4.78, 5) is 27.2. The van der Waals surface area contributed by atoms with Gasteiger partial charge in [-0.3, -0.25) is 9.59 Å². The van der Waals surface area contributed by atoms with E-state index >= 15 is 0 Å². The molecule has 1 aromatic carbocycles. The van der Waals surface area contributed by atoms with Crippen molar-refractivity contribution in [2.24, 2.45) is 0 Å². The highest BCUT2D eigenvalue weighted by atomic mass is 79.9. The summed E-state index contributed by atoms with van der Waals surface area (Å²) in [5.41, 5.74) is 0. The van der Waals surface area contributed by atoms with E-state index in [1.54, 1.807) is 17.0 Å². The maximum atomic E-state index is 13.3. The van der Waals surface area contributed by atoms with E-state index in [1.807, 2.05) is 0 Å². The fourth-order valence-electron chi connectivity index (χ4n) is 4.04. The highest BCUT2D eigenvalue weighted by molar-refractivity contribution is 9.10. The molecule has 0 bridgehead atoms. The Bertz CT molecular complexity index is 808. The zero-order valence-electron chi connectivity index (χ0n) is 15.9. The van der Waals surface area contributed by atoms with E-state index in [9.17, 15) is 18.0 Å². The molecule has 0 atom stereocenters. The molecule has 1 aliphatic heterocycles. The molecule has 2 aliphatic rings. The van der Waals surface area contributed by atoms with Crippen LogP contribution in [0.2, 0.25) is 0 Å². The Morgan fingerprint density at radius 2 is 1.54 bits per heavy atom. The average molecular weight is 472 g/mol. The Morgan fingerprint density at radius 1 is 0.964 bits per heavy atom. The van der Waals surface area contributed by atoms with Crippen LogP contribution in [0.15, 0.2) is 33.6 Å². The summed E-state index contributed by atoms with van der Waals surface area (Å²) in [5.74, 6) is -1.04. The molecular formula is C20H26BrNO5S. The van der Waals surface area contributed by atoms with Crippen LogP contribution in [0.4, 0.5) is 0 Å². The lowest BCUT2D eigenvalue weighted by Crippen LogP contribution is -2.46. The summed E-state index contributed by atoms with van der Waals surface area (Å²) in [6.07, 6.45) is 5.82. The van der Waals surface area contributed by atoms with Crippen LogP contribution < -0.4 is 0 Å². The van der Waals surface area contributed by atoms with E-state index in [1.165, 1.54) is 12.1 Å². The van der Waals surface area contributed by atoms with Crippen LogP contribution in [0.3, 0.4) is 0 Å². The van der Waals surface area contributed by atoms with Gasteiger partial charge >= 0.3 is 5.97 Å². The van der Waals surface area contributed by atoms with E-state index in [-0.39, 0.29) is 23.6 Å². The molecule has 154 valence electrons. The molecule has 1 saturated heterocycles. The zero-order chi connectivity index (χ0) is 20.2. The second kappa shape index (κ2) is 8.95. The van der Waals surface area contributed by atoms with Crippen molar-refractivity contribution in [3.05, 3.63) is 28.7 Å². The molecule has 0 spiro atoms. The van der Waals surface area contributed by atoms with Crippen LogP contribution in [-0.2, 0) is 24.2 Å². The third-order valence-corrected chi connectivity index (χ3v) is 8.73. The summed E-state index contributed by atoms with van der Waals surface area (Å²) >= 11 is 3.29. The van der Waals surface area contributed by atoms with Crippen molar-refractivity contribution in [1.82, 2.24) is 4.90 Å². The van der Waals surface area contributed by atoms with E-state index in [4.69, 9.17) is 4.74 Å². The van der Waals surface area contributed by atoms with Crippen molar-refractivity contribution in [1.29, 1.82) is 0 Å². The minimum atomic E-state index is -3.92. The van der Waals surface area contributed by atoms with Crippen molar-refractivity contribution in [3.63, 3.8) is 0 Å². The fourth-order valence-corrected chi connectivity index (χ4v) is 6.35. The monoisotopic (exact) mass is 471 g/mol. The molecule has 8 heteroatoms. The maximum Gasteiger partial charge on any atom is 0.328 e. The SMILES string of the molecule is O=C(COC(=O)C1(S(=O)(=O)c2ccc(Br)cc2)CCCC1)N1CCCCCC1. The predicted octanol–water partition coefficient (Wildman–Crippen LogP) is 3.48. The molecule has 1 saturated carbocycles. The topological polar surface area (TPSA) is 80.8 Å². The van der Waals surface area contributed by atoms with Crippen molar-refractivity contribution >= 4 is 37.6 Å². The molecule has 0 radical (unpaired) electrons. The van der Waals surface area contributed by atoms with E-state index in [2.05, 4.69) is 15.9 Å². The van der Waals surface area contributed by atoms with Crippen LogP contribution in [0.5, 0.6) is 0 Å². The number of amides is 1. The molecule has 1 heterocycles. The van der Waals surface area contributed by atoms with Crippen LogP contribution >= 0.6 is 15.9 Å². The molecule has 6 nitrogen and oxygen atoms in total. The summed E-state index contributed by atoms with van der Waals surface area (Å²) < 4.78 is 31.0. The predicted molar refractivity (Wildman–Crippen MR) is 109 cm³/mol. The molecule has 1 aromatic rings. The van der Waals surface area contributed by atoms with Gasteiger partial charge in [-0.1, -0.05) is 41.6 Å². The van der Waals surface area contributed by atoms with Crippen LogP contribution in [-0.4, -0.2) is 49.6 Å². The molecule has 0 N–H and O–H groups in total. The van der Waals surface area contributed by atoms with E-state index < -0.39 is 27.2 Å². The smallest absolute Gasteiger partial charge is 0.328 e. The van der Waals surface area contributed by atoms with Crippen LogP contribution in [0.25, 0.3) is 0 Å². The minimum Gasteiger partial charge on any atom is -0.454 e. The Hall–Kier alpha value is -1.41. The Morgan fingerprint density at radius 3 is 2.11 bits per heavy atom. The molecule has 1 amide bonds. The van der Waals surface area contributed by atoms with Gasteiger partial charge in [0, 0.05) is 17.6 Å². The number of esters is 1. The quantitative estimate of drug-likeness (QED) is 0.613. The number of ether oxygens (including phenoxy) is 1.